The number of benzene rings is 2. The summed E-state index contributed by atoms with van der Waals surface area (Å²) in [5.74, 6) is 0.255. The van der Waals surface area contributed by atoms with Crippen molar-refractivity contribution in [1.82, 2.24) is 9.97 Å². The molecule has 0 aliphatic rings. The Balaban J connectivity index is 2.28. The third-order valence-corrected chi connectivity index (χ3v) is 3.50. The van der Waals surface area contributed by atoms with E-state index < -0.39 is 0 Å². The molecule has 3 rings (SSSR count). The van der Waals surface area contributed by atoms with E-state index in [-0.39, 0.29) is 17.7 Å². The van der Waals surface area contributed by atoms with E-state index >= 15 is 0 Å². The molecule has 0 spiro atoms. The van der Waals surface area contributed by atoms with Crippen molar-refractivity contribution >= 4 is 16.7 Å². The van der Waals surface area contributed by atoms with Gasteiger partial charge in [-0.2, -0.15) is 0 Å². The van der Waals surface area contributed by atoms with Gasteiger partial charge in [0.05, 0.1) is 5.69 Å². The maximum atomic E-state index is 13.9. The zero-order valence-electron chi connectivity index (χ0n) is 12.0. The first-order valence-electron chi connectivity index (χ1n) is 6.88. The Morgan fingerprint density at radius 1 is 1.00 bits per heavy atom. The summed E-state index contributed by atoms with van der Waals surface area (Å²) >= 11 is 0. The number of hydrogen-bond acceptors (Lipinski definition) is 3. The summed E-state index contributed by atoms with van der Waals surface area (Å²) in [6.07, 6.45) is 0. The van der Waals surface area contributed by atoms with E-state index in [2.05, 4.69) is 9.97 Å². The van der Waals surface area contributed by atoms with E-state index in [9.17, 15) is 4.39 Å². The van der Waals surface area contributed by atoms with Gasteiger partial charge in [-0.25, -0.2) is 14.4 Å². The average molecular weight is 281 g/mol. The minimum atomic E-state index is -0.236. The van der Waals surface area contributed by atoms with Crippen molar-refractivity contribution in [2.24, 2.45) is 0 Å². The topological polar surface area (TPSA) is 51.8 Å². The Bertz CT molecular complexity index is 812. The van der Waals surface area contributed by atoms with E-state index in [0.29, 0.717) is 5.39 Å². The molecule has 0 aliphatic carbocycles. The zero-order chi connectivity index (χ0) is 15.0. The zero-order valence-corrected chi connectivity index (χ0v) is 12.0. The van der Waals surface area contributed by atoms with Crippen molar-refractivity contribution in [3.63, 3.8) is 0 Å². The fraction of sp³-hybridized carbons (Fsp3) is 0.176. The number of aromatic nitrogens is 2. The van der Waals surface area contributed by atoms with Gasteiger partial charge in [0.1, 0.15) is 5.82 Å². The molecule has 3 aromatic rings. The molecule has 106 valence electrons. The van der Waals surface area contributed by atoms with E-state index in [1.165, 1.54) is 6.07 Å². The molecular weight excluding hydrogens is 265 g/mol. The predicted molar refractivity (Wildman–Crippen MR) is 83.4 cm³/mol. The summed E-state index contributed by atoms with van der Waals surface area (Å²) in [5.41, 5.74) is 8.28. The molecule has 0 saturated carbocycles. The Kier molecular flexibility index (Phi) is 3.29. The maximum absolute atomic E-state index is 13.9. The molecule has 0 radical (unpaired) electrons. The minimum Gasteiger partial charge on any atom is -0.368 e. The molecule has 1 aromatic heterocycles. The van der Waals surface area contributed by atoms with E-state index in [4.69, 9.17) is 5.73 Å². The summed E-state index contributed by atoms with van der Waals surface area (Å²) in [4.78, 5) is 8.56. The van der Waals surface area contributed by atoms with Gasteiger partial charge in [0.2, 0.25) is 5.95 Å². The number of anilines is 1. The van der Waals surface area contributed by atoms with Gasteiger partial charge in [-0.3, -0.25) is 0 Å². The van der Waals surface area contributed by atoms with Gasteiger partial charge in [-0.15, -0.1) is 0 Å². The van der Waals surface area contributed by atoms with Crippen LogP contribution in [0.25, 0.3) is 22.0 Å². The number of hydrogen-bond donors (Lipinski definition) is 1. The summed E-state index contributed by atoms with van der Waals surface area (Å²) in [6, 6.07) is 12.5. The van der Waals surface area contributed by atoms with Crippen LogP contribution in [-0.4, -0.2) is 9.97 Å². The predicted octanol–water partition coefficient (Wildman–Crippen LogP) is 4.14. The van der Waals surface area contributed by atoms with Crippen LogP contribution < -0.4 is 5.73 Å². The number of rotatable bonds is 2. The van der Waals surface area contributed by atoms with Crippen molar-refractivity contribution in [2.45, 2.75) is 19.8 Å². The highest BCUT2D eigenvalue weighted by molar-refractivity contribution is 5.96. The van der Waals surface area contributed by atoms with Gasteiger partial charge in [-0.05, 0) is 23.4 Å². The molecule has 0 aliphatic heterocycles. The van der Waals surface area contributed by atoms with Crippen LogP contribution in [0.4, 0.5) is 10.3 Å². The highest BCUT2D eigenvalue weighted by atomic mass is 19.1. The maximum Gasteiger partial charge on any atom is 0.220 e. The largest absolute Gasteiger partial charge is 0.368 e. The van der Waals surface area contributed by atoms with Crippen molar-refractivity contribution < 1.29 is 4.39 Å². The molecule has 0 unspecified atom stereocenters. The van der Waals surface area contributed by atoms with Gasteiger partial charge in [-0.1, -0.05) is 44.2 Å². The van der Waals surface area contributed by atoms with Crippen LogP contribution in [0.5, 0.6) is 0 Å². The second kappa shape index (κ2) is 5.13. The highest BCUT2D eigenvalue weighted by Gasteiger charge is 2.11. The SMILES string of the molecule is CC(C)c1cc(-c2cccc3c(F)cccc23)nc(N)n1. The van der Waals surface area contributed by atoms with E-state index in [1.807, 2.05) is 38.1 Å². The molecule has 0 fully saturated rings. The van der Waals surface area contributed by atoms with Crippen molar-refractivity contribution in [3.05, 3.63) is 54.0 Å². The van der Waals surface area contributed by atoms with Gasteiger partial charge in [0, 0.05) is 16.6 Å². The van der Waals surface area contributed by atoms with Gasteiger partial charge < -0.3 is 5.73 Å². The van der Waals surface area contributed by atoms with Crippen molar-refractivity contribution in [1.29, 1.82) is 0 Å². The van der Waals surface area contributed by atoms with Crippen LogP contribution in [-0.2, 0) is 0 Å². The number of nitrogens with zero attached hydrogens (tertiary/aromatic N) is 2. The van der Waals surface area contributed by atoms with Crippen LogP contribution in [0.15, 0.2) is 42.5 Å². The number of fused-ring (bicyclic) bond motifs is 1. The lowest BCUT2D eigenvalue weighted by atomic mass is 10.00. The normalized spacial score (nSPS) is 11.2. The number of halogens is 1. The lowest BCUT2D eigenvalue weighted by Crippen LogP contribution is -2.02. The van der Waals surface area contributed by atoms with Gasteiger partial charge in [0.25, 0.3) is 0 Å². The van der Waals surface area contributed by atoms with Crippen LogP contribution in [0.2, 0.25) is 0 Å². The first-order chi connectivity index (χ1) is 10.1. The third kappa shape index (κ3) is 2.44. The first kappa shape index (κ1) is 13.5. The molecule has 3 nitrogen and oxygen atoms in total. The summed E-state index contributed by atoms with van der Waals surface area (Å²) in [5, 5.41) is 1.41. The van der Waals surface area contributed by atoms with Crippen LogP contribution >= 0.6 is 0 Å². The third-order valence-electron chi connectivity index (χ3n) is 3.50. The lowest BCUT2D eigenvalue weighted by Gasteiger charge is -2.10. The molecule has 1 heterocycles. The quantitative estimate of drug-likeness (QED) is 0.768. The molecule has 4 heteroatoms. The first-order valence-corrected chi connectivity index (χ1v) is 6.88. The Hall–Kier alpha value is -2.49. The molecule has 0 saturated heterocycles. The second-order valence-corrected chi connectivity index (χ2v) is 5.33. The minimum absolute atomic E-state index is 0.236. The molecule has 2 N–H and O–H groups in total. The van der Waals surface area contributed by atoms with Crippen LogP contribution in [0.3, 0.4) is 0 Å². The Morgan fingerprint density at radius 3 is 2.48 bits per heavy atom. The van der Waals surface area contributed by atoms with E-state index in [0.717, 1.165) is 22.3 Å². The fourth-order valence-electron chi connectivity index (χ4n) is 2.41. The molecule has 0 bridgehead atoms. The van der Waals surface area contributed by atoms with Crippen LogP contribution in [0, 0.1) is 5.82 Å². The monoisotopic (exact) mass is 281 g/mol. The smallest absolute Gasteiger partial charge is 0.220 e. The number of nitrogens with two attached hydrogens (primary N) is 1. The van der Waals surface area contributed by atoms with Gasteiger partial charge >= 0.3 is 0 Å². The number of nitrogen functional groups attached to an aromatic ring is 1. The fourth-order valence-corrected chi connectivity index (χ4v) is 2.41. The lowest BCUT2D eigenvalue weighted by molar-refractivity contribution is 0.640. The van der Waals surface area contributed by atoms with Crippen molar-refractivity contribution in [2.75, 3.05) is 5.73 Å². The molecule has 0 atom stereocenters. The summed E-state index contributed by atoms with van der Waals surface area (Å²) < 4.78 is 13.9. The second-order valence-electron chi connectivity index (χ2n) is 5.33. The summed E-state index contributed by atoms with van der Waals surface area (Å²) in [7, 11) is 0. The highest BCUT2D eigenvalue weighted by Crippen LogP contribution is 2.30. The molecule has 0 amide bonds. The van der Waals surface area contributed by atoms with Crippen molar-refractivity contribution in [3.8, 4) is 11.3 Å². The standard InChI is InChI=1S/C17H16FN3/c1-10(2)15-9-16(21-17(19)20-15)13-7-3-6-12-11(13)5-4-8-14(12)18/h3-10H,1-2H3,(H2,19,20,21). The molecule has 21 heavy (non-hydrogen) atoms. The Labute approximate surface area is 122 Å². The average Bonchev–Trinajstić information content (AvgIpc) is 2.46. The Morgan fingerprint density at radius 2 is 1.71 bits per heavy atom. The summed E-state index contributed by atoms with van der Waals surface area (Å²) in [6.45, 7) is 4.10. The van der Waals surface area contributed by atoms with E-state index in [1.54, 1.807) is 12.1 Å². The van der Waals surface area contributed by atoms with Gasteiger partial charge in [0.15, 0.2) is 0 Å². The molecular formula is C17H16FN3. The van der Waals surface area contributed by atoms with Crippen LogP contribution in [0.1, 0.15) is 25.5 Å². The molecule has 2 aromatic carbocycles.